The van der Waals surface area contributed by atoms with E-state index >= 15 is 0 Å². The molecule has 1 aliphatic rings. The first-order chi connectivity index (χ1) is 8.16. The van der Waals surface area contributed by atoms with Crippen molar-refractivity contribution in [3.05, 3.63) is 29.6 Å². The summed E-state index contributed by atoms with van der Waals surface area (Å²) in [6.07, 6.45) is 3.32. The van der Waals surface area contributed by atoms with E-state index in [1.165, 1.54) is 24.6 Å². The lowest BCUT2D eigenvalue weighted by Gasteiger charge is -2.26. The van der Waals surface area contributed by atoms with Crippen molar-refractivity contribution in [3.8, 4) is 0 Å². The van der Waals surface area contributed by atoms with E-state index in [9.17, 15) is 9.18 Å². The summed E-state index contributed by atoms with van der Waals surface area (Å²) in [5, 5.41) is 1.84. The van der Waals surface area contributed by atoms with E-state index < -0.39 is 11.7 Å². The van der Waals surface area contributed by atoms with E-state index in [1.54, 1.807) is 0 Å². The van der Waals surface area contributed by atoms with Crippen molar-refractivity contribution in [1.29, 1.82) is 0 Å². The van der Waals surface area contributed by atoms with Crippen molar-refractivity contribution in [2.45, 2.75) is 24.2 Å². The van der Waals surface area contributed by atoms with Gasteiger partial charge in [0.15, 0.2) is 0 Å². The molecule has 0 saturated carbocycles. The van der Waals surface area contributed by atoms with Crippen molar-refractivity contribution >= 4 is 18.5 Å². The standard InChI is InChI=1S/C12H15FN2OS/c13-11-5-4-9(17)8-10(11)12(16)14-15-6-2-1-3-7-15/h4-5,8,17H,1-3,6-7H2,(H,14,16). The first-order valence-electron chi connectivity index (χ1n) is 5.71. The normalized spacial score (nSPS) is 16.8. The number of benzene rings is 1. The fourth-order valence-corrected chi connectivity index (χ4v) is 2.10. The van der Waals surface area contributed by atoms with Crippen LogP contribution >= 0.6 is 12.6 Å². The Kier molecular flexibility index (Phi) is 4.02. The lowest BCUT2D eigenvalue weighted by molar-refractivity contribution is 0.0745. The zero-order chi connectivity index (χ0) is 12.3. The number of nitrogens with one attached hydrogen (secondary N) is 1. The molecule has 1 saturated heterocycles. The van der Waals surface area contributed by atoms with Gasteiger partial charge < -0.3 is 0 Å². The summed E-state index contributed by atoms with van der Waals surface area (Å²) >= 11 is 4.10. The van der Waals surface area contributed by atoms with Crippen molar-refractivity contribution in [1.82, 2.24) is 10.4 Å². The maximum atomic E-state index is 13.5. The van der Waals surface area contributed by atoms with E-state index in [0.29, 0.717) is 4.90 Å². The number of hydrogen-bond acceptors (Lipinski definition) is 3. The molecule has 17 heavy (non-hydrogen) atoms. The number of piperidine rings is 1. The Hall–Kier alpha value is -1.07. The highest BCUT2D eigenvalue weighted by atomic mass is 32.1. The molecule has 1 N–H and O–H groups in total. The third kappa shape index (κ3) is 3.20. The third-order valence-corrected chi connectivity index (χ3v) is 3.09. The number of carbonyl (C=O) groups excluding carboxylic acids is 1. The van der Waals surface area contributed by atoms with Crippen LogP contribution in [0.4, 0.5) is 4.39 Å². The van der Waals surface area contributed by atoms with Crippen LogP contribution in [0, 0.1) is 5.82 Å². The second-order valence-electron chi connectivity index (χ2n) is 4.15. The predicted molar refractivity (Wildman–Crippen MR) is 66.5 cm³/mol. The molecule has 1 heterocycles. The Morgan fingerprint density at radius 1 is 1.29 bits per heavy atom. The van der Waals surface area contributed by atoms with Crippen LogP contribution in [0.5, 0.6) is 0 Å². The molecule has 3 nitrogen and oxygen atoms in total. The molecule has 1 aromatic rings. The van der Waals surface area contributed by atoms with Gasteiger partial charge >= 0.3 is 0 Å². The monoisotopic (exact) mass is 254 g/mol. The molecule has 92 valence electrons. The third-order valence-electron chi connectivity index (χ3n) is 2.81. The van der Waals surface area contributed by atoms with Crippen LogP contribution < -0.4 is 5.43 Å². The van der Waals surface area contributed by atoms with Gasteiger partial charge in [0, 0.05) is 18.0 Å². The molecule has 0 spiro atoms. The molecule has 0 unspecified atom stereocenters. The lowest BCUT2D eigenvalue weighted by Crippen LogP contribution is -2.45. The molecule has 1 aromatic carbocycles. The van der Waals surface area contributed by atoms with Gasteiger partial charge in [0.25, 0.3) is 5.91 Å². The van der Waals surface area contributed by atoms with E-state index in [1.807, 2.05) is 5.01 Å². The molecular formula is C12H15FN2OS. The van der Waals surface area contributed by atoms with Crippen LogP contribution in [-0.2, 0) is 0 Å². The first kappa shape index (κ1) is 12.4. The van der Waals surface area contributed by atoms with Gasteiger partial charge in [-0.2, -0.15) is 0 Å². The van der Waals surface area contributed by atoms with Crippen molar-refractivity contribution < 1.29 is 9.18 Å². The van der Waals surface area contributed by atoms with Gasteiger partial charge in [0.2, 0.25) is 0 Å². The topological polar surface area (TPSA) is 32.3 Å². The molecule has 0 bridgehead atoms. The summed E-state index contributed by atoms with van der Waals surface area (Å²) in [5.41, 5.74) is 2.77. The fraction of sp³-hybridized carbons (Fsp3) is 0.417. The summed E-state index contributed by atoms with van der Waals surface area (Å²) in [7, 11) is 0. The molecule has 0 aromatic heterocycles. The van der Waals surface area contributed by atoms with Crippen molar-refractivity contribution in [2.75, 3.05) is 13.1 Å². The van der Waals surface area contributed by atoms with Crippen LogP contribution in [0.25, 0.3) is 0 Å². The molecule has 5 heteroatoms. The minimum atomic E-state index is -0.516. The van der Waals surface area contributed by atoms with Crippen LogP contribution in [0.2, 0.25) is 0 Å². The molecule has 0 radical (unpaired) electrons. The second kappa shape index (κ2) is 5.51. The minimum Gasteiger partial charge on any atom is -0.285 e. The largest absolute Gasteiger partial charge is 0.285 e. The maximum Gasteiger partial charge on any atom is 0.268 e. The smallest absolute Gasteiger partial charge is 0.268 e. The SMILES string of the molecule is O=C(NN1CCCCC1)c1cc(S)ccc1F. The van der Waals surface area contributed by atoms with Gasteiger partial charge in [-0.1, -0.05) is 6.42 Å². The number of thiol groups is 1. The molecular weight excluding hydrogens is 239 g/mol. The van der Waals surface area contributed by atoms with Crippen LogP contribution in [0.1, 0.15) is 29.6 Å². The number of nitrogens with zero attached hydrogens (tertiary/aromatic N) is 1. The van der Waals surface area contributed by atoms with Gasteiger partial charge in [-0.3, -0.25) is 10.2 Å². The number of rotatable bonds is 2. The average Bonchev–Trinajstić information content (AvgIpc) is 2.33. The Morgan fingerprint density at radius 3 is 2.71 bits per heavy atom. The van der Waals surface area contributed by atoms with E-state index in [4.69, 9.17) is 0 Å². The molecule has 2 rings (SSSR count). The van der Waals surface area contributed by atoms with E-state index in [-0.39, 0.29) is 5.56 Å². The summed E-state index contributed by atoms with van der Waals surface area (Å²) in [4.78, 5) is 12.4. The van der Waals surface area contributed by atoms with E-state index in [0.717, 1.165) is 25.9 Å². The Labute approximate surface area is 105 Å². The van der Waals surface area contributed by atoms with Crippen LogP contribution in [0.15, 0.2) is 23.1 Å². The lowest BCUT2D eigenvalue weighted by atomic mass is 10.1. The zero-order valence-electron chi connectivity index (χ0n) is 9.45. The fourth-order valence-electron chi connectivity index (χ4n) is 1.90. The Balaban J connectivity index is 2.05. The number of amides is 1. The highest BCUT2D eigenvalue weighted by Crippen LogP contribution is 2.14. The minimum absolute atomic E-state index is 0.0445. The van der Waals surface area contributed by atoms with E-state index in [2.05, 4.69) is 18.1 Å². The van der Waals surface area contributed by atoms with Gasteiger partial charge in [-0.05, 0) is 31.0 Å². The summed E-state index contributed by atoms with van der Waals surface area (Å²) in [6.45, 7) is 1.65. The second-order valence-corrected chi connectivity index (χ2v) is 4.67. The Bertz CT molecular complexity index is 419. The molecule has 0 aliphatic carbocycles. The maximum absolute atomic E-state index is 13.5. The quantitative estimate of drug-likeness (QED) is 0.793. The van der Waals surface area contributed by atoms with Gasteiger partial charge in [0.05, 0.1) is 5.56 Å². The summed E-state index contributed by atoms with van der Waals surface area (Å²) in [5.74, 6) is -0.919. The highest BCUT2D eigenvalue weighted by Gasteiger charge is 2.16. The number of hydrogen-bond donors (Lipinski definition) is 2. The van der Waals surface area contributed by atoms with Crippen molar-refractivity contribution in [3.63, 3.8) is 0 Å². The zero-order valence-corrected chi connectivity index (χ0v) is 10.3. The predicted octanol–water partition coefficient (Wildman–Crippen LogP) is 2.25. The number of halogens is 1. The summed E-state index contributed by atoms with van der Waals surface area (Å²) in [6, 6.07) is 4.22. The average molecular weight is 254 g/mol. The van der Waals surface area contributed by atoms with Crippen LogP contribution in [0.3, 0.4) is 0 Å². The van der Waals surface area contributed by atoms with Gasteiger partial charge in [-0.25, -0.2) is 9.40 Å². The number of carbonyl (C=O) groups is 1. The van der Waals surface area contributed by atoms with Crippen LogP contribution in [-0.4, -0.2) is 24.0 Å². The van der Waals surface area contributed by atoms with Gasteiger partial charge in [0.1, 0.15) is 5.82 Å². The Morgan fingerprint density at radius 2 is 2.00 bits per heavy atom. The molecule has 1 amide bonds. The summed E-state index contributed by atoms with van der Waals surface area (Å²) < 4.78 is 13.5. The first-order valence-corrected chi connectivity index (χ1v) is 6.16. The molecule has 1 aliphatic heterocycles. The van der Waals surface area contributed by atoms with Crippen molar-refractivity contribution in [2.24, 2.45) is 0 Å². The molecule has 0 atom stereocenters. The highest BCUT2D eigenvalue weighted by molar-refractivity contribution is 7.80. The molecule has 1 fully saturated rings. The van der Waals surface area contributed by atoms with Gasteiger partial charge in [-0.15, -0.1) is 12.6 Å². The number of hydrazine groups is 1.